The van der Waals surface area contributed by atoms with Gasteiger partial charge in [-0.1, -0.05) is 23.7 Å². The van der Waals surface area contributed by atoms with Crippen molar-refractivity contribution in [3.63, 3.8) is 0 Å². The summed E-state index contributed by atoms with van der Waals surface area (Å²) in [6.45, 7) is 3.51. The van der Waals surface area contributed by atoms with E-state index in [0.29, 0.717) is 44.3 Å². The third-order valence-corrected chi connectivity index (χ3v) is 6.41. The third-order valence-electron chi connectivity index (χ3n) is 6.17. The Morgan fingerprint density at radius 3 is 2.54 bits per heavy atom. The lowest BCUT2D eigenvalue weighted by atomic mass is 10.2. The van der Waals surface area contributed by atoms with E-state index in [4.69, 9.17) is 39.9 Å². The summed E-state index contributed by atoms with van der Waals surface area (Å²) in [7, 11) is 2.92. The first-order chi connectivity index (χ1) is 19.8. The highest BCUT2D eigenvalue weighted by atomic mass is 35.5. The van der Waals surface area contributed by atoms with Gasteiger partial charge in [-0.15, -0.1) is 0 Å². The molecule has 41 heavy (non-hydrogen) atoms. The molecule has 0 aliphatic heterocycles. The van der Waals surface area contributed by atoms with Crippen molar-refractivity contribution < 1.29 is 28.2 Å². The Morgan fingerprint density at radius 1 is 1.10 bits per heavy atom. The number of rotatable bonds is 9. The molecular formula is C30H26ClN3O7. The Bertz CT molecular complexity index is 1820. The molecule has 2 aromatic heterocycles. The molecule has 3 aromatic carbocycles. The number of fused-ring (bicyclic) bond motifs is 2. The highest BCUT2D eigenvalue weighted by Gasteiger charge is 2.22. The number of methoxy groups -OCH3 is 2. The van der Waals surface area contributed by atoms with Gasteiger partial charge in [0, 0.05) is 16.0 Å². The van der Waals surface area contributed by atoms with Crippen LogP contribution in [0.4, 0.5) is 0 Å². The number of benzene rings is 3. The summed E-state index contributed by atoms with van der Waals surface area (Å²) >= 11 is 6.16. The average molecular weight is 576 g/mol. The van der Waals surface area contributed by atoms with Gasteiger partial charge >= 0.3 is 5.97 Å². The molecule has 5 aromatic rings. The molecule has 0 N–H and O–H groups in total. The summed E-state index contributed by atoms with van der Waals surface area (Å²) in [5, 5.41) is 6.19. The lowest BCUT2D eigenvalue weighted by molar-refractivity contribution is -0.150. The second-order valence-electron chi connectivity index (χ2n) is 8.87. The van der Waals surface area contributed by atoms with E-state index in [9.17, 15) is 9.59 Å². The van der Waals surface area contributed by atoms with Crippen LogP contribution in [0.2, 0.25) is 5.02 Å². The van der Waals surface area contributed by atoms with Gasteiger partial charge in [-0.25, -0.2) is 9.78 Å². The van der Waals surface area contributed by atoms with Crippen molar-refractivity contribution in [1.82, 2.24) is 9.66 Å². The summed E-state index contributed by atoms with van der Waals surface area (Å²) in [6.07, 6.45) is 0.561. The van der Waals surface area contributed by atoms with E-state index in [1.165, 1.54) is 25.1 Å². The summed E-state index contributed by atoms with van der Waals surface area (Å²) in [6, 6.07) is 17.3. The number of carbonyl (C=O) groups excluding carboxylic acids is 1. The fourth-order valence-corrected chi connectivity index (χ4v) is 4.40. The fraction of sp³-hybridized carbons (Fsp3) is 0.200. The van der Waals surface area contributed by atoms with Gasteiger partial charge in [-0.2, -0.15) is 9.78 Å². The second-order valence-corrected chi connectivity index (χ2v) is 9.31. The van der Waals surface area contributed by atoms with Crippen molar-refractivity contribution in [2.24, 2.45) is 5.10 Å². The number of esters is 1. The van der Waals surface area contributed by atoms with Crippen molar-refractivity contribution in [2.75, 3.05) is 20.8 Å². The second kappa shape index (κ2) is 11.7. The van der Waals surface area contributed by atoms with Crippen LogP contribution in [0.1, 0.15) is 19.4 Å². The molecule has 0 bridgehead atoms. The number of nitrogens with zero attached hydrogens (tertiary/aromatic N) is 3. The van der Waals surface area contributed by atoms with E-state index >= 15 is 0 Å². The number of hydrogen-bond donors (Lipinski definition) is 0. The van der Waals surface area contributed by atoms with Gasteiger partial charge in [0.1, 0.15) is 5.58 Å². The topological polar surface area (TPSA) is 114 Å². The molecule has 10 nitrogen and oxygen atoms in total. The molecule has 0 spiro atoms. The predicted octanol–water partition coefficient (Wildman–Crippen LogP) is 5.69. The number of para-hydroxylation sites is 1. The molecule has 0 saturated heterocycles. The molecule has 0 saturated carbocycles. The predicted molar refractivity (Wildman–Crippen MR) is 155 cm³/mol. The van der Waals surface area contributed by atoms with Crippen LogP contribution < -0.4 is 19.8 Å². The fourth-order valence-electron chi connectivity index (χ4n) is 4.21. The summed E-state index contributed by atoms with van der Waals surface area (Å²) < 4.78 is 29.1. The largest absolute Gasteiger partial charge is 0.493 e. The van der Waals surface area contributed by atoms with Crippen LogP contribution in [-0.4, -0.2) is 48.8 Å². The normalized spacial score (nSPS) is 12.1. The minimum Gasteiger partial charge on any atom is -0.493 e. The van der Waals surface area contributed by atoms with Gasteiger partial charge < -0.3 is 23.4 Å². The molecular weight excluding hydrogens is 550 g/mol. The quantitative estimate of drug-likeness (QED) is 0.163. The van der Waals surface area contributed by atoms with Crippen molar-refractivity contribution in [3.05, 3.63) is 81.6 Å². The summed E-state index contributed by atoms with van der Waals surface area (Å²) in [5.74, 6) is 0.832. The van der Waals surface area contributed by atoms with Crippen molar-refractivity contribution in [3.8, 4) is 28.8 Å². The highest BCUT2D eigenvalue weighted by molar-refractivity contribution is 6.31. The zero-order valence-electron chi connectivity index (χ0n) is 22.7. The van der Waals surface area contributed by atoms with Gasteiger partial charge in [-0.05, 0) is 62.4 Å². The first-order valence-electron chi connectivity index (χ1n) is 12.7. The minimum absolute atomic E-state index is 0.208. The number of aromatic nitrogens is 2. The smallest absolute Gasteiger partial charge is 0.347 e. The zero-order chi connectivity index (χ0) is 29.1. The van der Waals surface area contributed by atoms with Crippen LogP contribution in [0.5, 0.6) is 17.2 Å². The Balaban J connectivity index is 1.60. The van der Waals surface area contributed by atoms with Crippen LogP contribution in [0.15, 0.2) is 75.0 Å². The van der Waals surface area contributed by atoms with Crippen LogP contribution >= 0.6 is 11.6 Å². The van der Waals surface area contributed by atoms with Gasteiger partial charge in [0.15, 0.2) is 23.4 Å². The molecule has 1 atom stereocenters. The Labute approximate surface area is 239 Å². The first-order valence-corrected chi connectivity index (χ1v) is 13.1. The first kappa shape index (κ1) is 27.7. The molecule has 210 valence electrons. The van der Waals surface area contributed by atoms with E-state index in [1.54, 1.807) is 74.5 Å². The number of ether oxygens (including phenoxy) is 4. The van der Waals surface area contributed by atoms with E-state index < -0.39 is 12.1 Å². The van der Waals surface area contributed by atoms with E-state index in [0.717, 1.165) is 5.39 Å². The maximum absolute atomic E-state index is 13.6. The molecule has 0 aliphatic rings. The van der Waals surface area contributed by atoms with Crippen LogP contribution in [0, 0.1) is 0 Å². The number of carbonyl (C=O) groups is 1. The number of furan rings is 1. The molecule has 0 unspecified atom stereocenters. The maximum atomic E-state index is 13.6. The van der Waals surface area contributed by atoms with Crippen molar-refractivity contribution in [2.45, 2.75) is 20.0 Å². The molecule has 5 rings (SSSR count). The van der Waals surface area contributed by atoms with Crippen molar-refractivity contribution in [1.29, 1.82) is 0 Å². The maximum Gasteiger partial charge on any atom is 0.347 e. The Hall–Kier alpha value is -4.83. The highest BCUT2D eigenvalue weighted by Crippen LogP contribution is 2.39. The molecule has 11 heteroatoms. The van der Waals surface area contributed by atoms with E-state index in [2.05, 4.69) is 5.10 Å². The van der Waals surface area contributed by atoms with Gasteiger partial charge in [0.2, 0.25) is 11.6 Å². The van der Waals surface area contributed by atoms with E-state index in [1.807, 2.05) is 0 Å². The monoisotopic (exact) mass is 575 g/mol. The number of halogens is 1. The molecule has 0 aliphatic carbocycles. The Morgan fingerprint density at radius 2 is 1.83 bits per heavy atom. The SMILES string of the molecule is CCOC(=O)[C@@H](C)Oc1c(OC)cc(C=Nn2c(-c3cc4cc(Cl)ccc4o3)nc3ccccc3c2=O)cc1OC. The van der Waals surface area contributed by atoms with Crippen molar-refractivity contribution >= 4 is 45.7 Å². The minimum atomic E-state index is -0.902. The standard InChI is InChI=1S/C30H26ClN3O7/c1-5-39-30(36)17(2)40-27-24(37-3)12-18(13-25(27)38-4)16-32-34-28(33-22-9-7-6-8-21(22)29(34)35)26-15-19-14-20(31)10-11-23(19)41-26/h6-17H,5H2,1-4H3/t17-/m1/s1. The summed E-state index contributed by atoms with van der Waals surface area (Å²) in [5.41, 5.74) is 1.22. The molecule has 0 fully saturated rings. The molecule has 0 amide bonds. The zero-order valence-corrected chi connectivity index (χ0v) is 23.5. The van der Waals surface area contributed by atoms with Gasteiger partial charge in [-0.3, -0.25) is 4.79 Å². The van der Waals surface area contributed by atoms with Crippen LogP contribution in [-0.2, 0) is 9.53 Å². The van der Waals surface area contributed by atoms with E-state index in [-0.39, 0.29) is 23.7 Å². The van der Waals surface area contributed by atoms with Gasteiger partial charge in [0.05, 0.1) is 37.9 Å². The van der Waals surface area contributed by atoms with Crippen LogP contribution in [0.25, 0.3) is 33.5 Å². The average Bonchev–Trinajstić information content (AvgIpc) is 3.40. The number of hydrogen-bond acceptors (Lipinski definition) is 9. The molecule has 2 heterocycles. The summed E-state index contributed by atoms with van der Waals surface area (Å²) in [4.78, 5) is 30.4. The Kier molecular flexibility index (Phi) is 7.93. The third kappa shape index (κ3) is 5.59. The van der Waals surface area contributed by atoms with Gasteiger partial charge in [0.25, 0.3) is 5.56 Å². The van der Waals surface area contributed by atoms with Crippen LogP contribution in [0.3, 0.4) is 0 Å². The lowest BCUT2D eigenvalue weighted by Crippen LogP contribution is -2.26. The molecule has 0 radical (unpaired) electrons. The lowest BCUT2D eigenvalue weighted by Gasteiger charge is -2.18.